The fourth-order valence-electron chi connectivity index (χ4n) is 4.28. The van der Waals surface area contributed by atoms with Gasteiger partial charge in [0.25, 0.3) is 5.56 Å². The van der Waals surface area contributed by atoms with E-state index in [2.05, 4.69) is 16.4 Å². The van der Waals surface area contributed by atoms with Gasteiger partial charge in [0, 0.05) is 30.5 Å². The van der Waals surface area contributed by atoms with Gasteiger partial charge in [-0.05, 0) is 88.6 Å². The molecule has 0 bridgehead atoms. The molecule has 1 saturated carbocycles. The Morgan fingerprint density at radius 1 is 1.31 bits per heavy atom. The molecule has 1 fully saturated rings. The molecule has 0 radical (unpaired) electrons. The van der Waals surface area contributed by atoms with Crippen molar-refractivity contribution in [3.05, 3.63) is 64.5 Å². The Labute approximate surface area is 209 Å². The Kier molecular flexibility index (Phi) is 6.85. The van der Waals surface area contributed by atoms with Crippen LogP contribution in [-0.2, 0) is 16.7 Å². The number of aromatic nitrogens is 2. The molecule has 36 heavy (non-hydrogen) atoms. The van der Waals surface area contributed by atoms with Crippen LogP contribution in [0, 0.1) is 17.1 Å². The van der Waals surface area contributed by atoms with Crippen molar-refractivity contribution in [2.45, 2.75) is 77.0 Å². The largest absolute Gasteiger partial charge is 0.444 e. The number of benzene rings is 1. The zero-order chi connectivity index (χ0) is 26.1. The maximum absolute atomic E-state index is 15.1. The second-order valence-corrected chi connectivity index (χ2v) is 10.6. The molecular weight excluding hydrogens is 459 g/mol. The number of pyridine rings is 2. The van der Waals surface area contributed by atoms with E-state index in [-0.39, 0.29) is 11.4 Å². The maximum atomic E-state index is 15.1. The molecule has 188 valence electrons. The van der Waals surface area contributed by atoms with Crippen LogP contribution in [0.15, 0.2) is 47.5 Å². The number of hydrogen-bond donors (Lipinski definition) is 1. The third-order valence-corrected chi connectivity index (χ3v) is 6.40. The molecule has 1 amide bonds. The molecule has 1 unspecified atom stereocenters. The smallest absolute Gasteiger partial charge is 0.407 e. The lowest BCUT2D eigenvalue weighted by molar-refractivity contribution is 0.0505. The molecule has 2 heterocycles. The van der Waals surface area contributed by atoms with Gasteiger partial charge in [0.2, 0.25) is 0 Å². The summed E-state index contributed by atoms with van der Waals surface area (Å²) in [5.74, 6) is -0.594. The van der Waals surface area contributed by atoms with E-state index < -0.39 is 28.5 Å². The number of amides is 1. The number of hydrogen-bond acceptors (Lipinski definition) is 5. The van der Waals surface area contributed by atoms with Crippen LogP contribution in [0.4, 0.5) is 9.18 Å². The number of rotatable bonds is 7. The van der Waals surface area contributed by atoms with Gasteiger partial charge < -0.3 is 14.6 Å². The molecule has 8 heteroatoms. The van der Waals surface area contributed by atoms with Crippen molar-refractivity contribution in [2.24, 2.45) is 0 Å². The lowest BCUT2D eigenvalue weighted by Crippen LogP contribution is -2.37. The molecule has 3 aromatic rings. The van der Waals surface area contributed by atoms with Crippen molar-refractivity contribution in [3.63, 3.8) is 0 Å². The van der Waals surface area contributed by atoms with Gasteiger partial charge in [0.05, 0.1) is 22.6 Å². The maximum Gasteiger partial charge on any atom is 0.407 e. The van der Waals surface area contributed by atoms with Gasteiger partial charge in [0.1, 0.15) is 11.4 Å². The van der Waals surface area contributed by atoms with Crippen LogP contribution >= 0.6 is 0 Å². The van der Waals surface area contributed by atoms with Crippen LogP contribution < -0.4 is 10.9 Å². The number of nitriles is 1. The number of carbonyl (C=O) groups is 1. The van der Waals surface area contributed by atoms with Crippen molar-refractivity contribution < 1.29 is 13.9 Å². The second kappa shape index (κ2) is 9.73. The van der Waals surface area contributed by atoms with Crippen LogP contribution in [0.3, 0.4) is 0 Å². The zero-order valence-electron chi connectivity index (χ0n) is 21.1. The van der Waals surface area contributed by atoms with Crippen LogP contribution in [-0.4, -0.2) is 27.3 Å². The lowest BCUT2D eigenvalue weighted by atomic mass is 9.98. The molecule has 2 aromatic heterocycles. The molecule has 4 rings (SSSR count). The molecule has 7 nitrogen and oxygen atoms in total. The Balaban J connectivity index is 1.45. The standard InChI is InChI=1S/C28H31FN4O3/c1-18(32-26(35)36-27(2,3)4)6-5-12-33-13-9-19-14-20(15-22(29)24(19)25(33)34)23-8-7-21(16-31-23)28(17-30)10-11-28/h7-9,13-16,18H,5-6,10-12H2,1-4H3,(H,32,35). The Morgan fingerprint density at radius 3 is 2.67 bits per heavy atom. The second-order valence-electron chi connectivity index (χ2n) is 10.6. The fraction of sp³-hybridized carbons (Fsp3) is 0.429. The number of alkyl carbamates (subject to hydrolysis) is 1. The van der Waals surface area contributed by atoms with E-state index in [4.69, 9.17) is 4.74 Å². The van der Waals surface area contributed by atoms with Gasteiger partial charge >= 0.3 is 6.09 Å². The minimum Gasteiger partial charge on any atom is -0.444 e. The summed E-state index contributed by atoms with van der Waals surface area (Å²) < 4.78 is 21.8. The Bertz CT molecular complexity index is 1380. The predicted molar refractivity (Wildman–Crippen MR) is 136 cm³/mol. The van der Waals surface area contributed by atoms with Crippen LogP contribution in [0.1, 0.15) is 58.9 Å². The summed E-state index contributed by atoms with van der Waals surface area (Å²) in [7, 11) is 0. The third-order valence-electron chi connectivity index (χ3n) is 6.40. The lowest BCUT2D eigenvalue weighted by Gasteiger charge is -2.22. The summed E-state index contributed by atoms with van der Waals surface area (Å²) in [5.41, 5.74) is 0.666. The molecule has 1 aromatic carbocycles. The summed E-state index contributed by atoms with van der Waals surface area (Å²) in [5, 5.41) is 12.7. The molecule has 1 aliphatic carbocycles. The van der Waals surface area contributed by atoms with Gasteiger partial charge in [-0.1, -0.05) is 6.07 Å². The minimum absolute atomic E-state index is 0.0409. The SMILES string of the molecule is CC(CCCn1ccc2cc(-c3ccc(C4(C#N)CC4)cn3)cc(F)c2c1=O)NC(=O)OC(C)(C)C. The summed E-state index contributed by atoms with van der Waals surface area (Å²) in [6.45, 7) is 7.69. The van der Waals surface area contributed by atoms with Gasteiger partial charge in [-0.2, -0.15) is 5.26 Å². The Hall–Kier alpha value is -3.73. The number of ether oxygens (including phenoxy) is 1. The highest BCUT2D eigenvalue weighted by atomic mass is 19.1. The van der Waals surface area contributed by atoms with Crippen molar-refractivity contribution >= 4 is 16.9 Å². The van der Waals surface area contributed by atoms with E-state index >= 15 is 4.39 Å². The molecular formula is C28H31FN4O3. The number of aryl methyl sites for hydroxylation is 1. The van der Waals surface area contributed by atoms with Gasteiger partial charge in [-0.3, -0.25) is 9.78 Å². The van der Waals surface area contributed by atoms with Gasteiger partial charge in [0.15, 0.2) is 0 Å². The highest BCUT2D eigenvalue weighted by Crippen LogP contribution is 2.47. The van der Waals surface area contributed by atoms with E-state index in [1.165, 1.54) is 10.6 Å². The summed E-state index contributed by atoms with van der Waals surface area (Å²) in [6.07, 6.45) is 5.81. The first-order chi connectivity index (χ1) is 17.0. The van der Waals surface area contributed by atoms with Crippen molar-refractivity contribution in [2.75, 3.05) is 0 Å². The van der Waals surface area contributed by atoms with Crippen LogP contribution in [0.5, 0.6) is 0 Å². The summed E-state index contributed by atoms with van der Waals surface area (Å²) in [6, 6.07) is 10.7. The highest BCUT2D eigenvalue weighted by Gasteiger charge is 2.45. The molecule has 1 N–H and O–H groups in total. The van der Waals surface area contributed by atoms with Crippen LogP contribution in [0.2, 0.25) is 0 Å². The number of carbonyl (C=O) groups excluding carboxylic acids is 1. The fourth-order valence-corrected chi connectivity index (χ4v) is 4.28. The number of fused-ring (bicyclic) bond motifs is 1. The molecule has 1 atom stereocenters. The van der Waals surface area contributed by atoms with E-state index in [0.29, 0.717) is 36.0 Å². The Morgan fingerprint density at radius 2 is 2.06 bits per heavy atom. The summed E-state index contributed by atoms with van der Waals surface area (Å²) in [4.78, 5) is 29.3. The third kappa shape index (κ3) is 5.56. The monoisotopic (exact) mass is 490 g/mol. The van der Waals surface area contributed by atoms with E-state index in [1.54, 1.807) is 51.4 Å². The van der Waals surface area contributed by atoms with E-state index in [9.17, 15) is 14.9 Å². The average Bonchev–Trinajstić information content (AvgIpc) is 3.60. The number of nitrogens with one attached hydrogen (secondary N) is 1. The molecule has 1 aliphatic rings. The highest BCUT2D eigenvalue weighted by molar-refractivity contribution is 5.86. The van der Waals surface area contributed by atoms with Gasteiger partial charge in [-0.15, -0.1) is 0 Å². The van der Waals surface area contributed by atoms with E-state index in [0.717, 1.165) is 18.4 Å². The quantitative estimate of drug-likeness (QED) is 0.475. The summed E-state index contributed by atoms with van der Waals surface area (Å²) >= 11 is 0. The first-order valence-electron chi connectivity index (χ1n) is 12.2. The minimum atomic E-state index is -0.594. The average molecular weight is 491 g/mol. The van der Waals surface area contributed by atoms with Gasteiger partial charge in [-0.25, -0.2) is 9.18 Å². The first kappa shape index (κ1) is 25.4. The molecule has 0 saturated heterocycles. The van der Waals surface area contributed by atoms with Crippen LogP contribution in [0.25, 0.3) is 22.0 Å². The zero-order valence-corrected chi connectivity index (χ0v) is 21.1. The first-order valence-corrected chi connectivity index (χ1v) is 12.2. The predicted octanol–water partition coefficient (Wildman–Crippen LogP) is 5.45. The topological polar surface area (TPSA) is 97.0 Å². The molecule has 0 aliphatic heterocycles. The van der Waals surface area contributed by atoms with Crippen molar-refractivity contribution in [1.82, 2.24) is 14.9 Å². The molecule has 0 spiro atoms. The van der Waals surface area contributed by atoms with Crippen molar-refractivity contribution in [3.8, 4) is 17.3 Å². The number of halogens is 1. The normalized spacial score (nSPS) is 15.2. The number of nitrogens with zero attached hydrogens (tertiary/aromatic N) is 3. The van der Waals surface area contributed by atoms with Crippen molar-refractivity contribution in [1.29, 1.82) is 5.26 Å². The van der Waals surface area contributed by atoms with E-state index in [1.807, 2.05) is 13.0 Å².